The molecular formula is C15H21NO4S. The average Bonchev–Trinajstić information content (AvgIpc) is 2.37. The summed E-state index contributed by atoms with van der Waals surface area (Å²) in [4.78, 5) is 11.3. The first-order chi connectivity index (χ1) is 9.65. The second kappa shape index (κ2) is 5.42. The van der Waals surface area contributed by atoms with Crippen molar-refractivity contribution in [2.24, 2.45) is 5.41 Å². The SMILES string of the molecule is Cc1c(C(=O)O)cccc1S(=O)(=O)N1CCC(C)(C)CC1. The molecule has 0 saturated carbocycles. The summed E-state index contributed by atoms with van der Waals surface area (Å²) in [5.74, 6) is -1.11. The van der Waals surface area contributed by atoms with Crippen LogP contribution in [0.2, 0.25) is 0 Å². The summed E-state index contributed by atoms with van der Waals surface area (Å²) < 4.78 is 26.9. The van der Waals surface area contributed by atoms with Crippen molar-refractivity contribution >= 4 is 16.0 Å². The molecule has 0 radical (unpaired) electrons. The Bertz CT molecular complexity index is 654. The molecule has 21 heavy (non-hydrogen) atoms. The quantitative estimate of drug-likeness (QED) is 0.930. The van der Waals surface area contributed by atoms with Gasteiger partial charge in [0.1, 0.15) is 0 Å². The fraction of sp³-hybridized carbons (Fsp3) is 0.533. The van der Waals surface area contributed by atoms with Crippen LogP contribution in [0.4, 0.5) is 0 Å². The lowest BCUT2D eigenvalue weighted by atomic mass is 9.83. The second-order valence-corrected chi connectivity index (χ2v) is 8.21. The molecule has 1 heterocycles. The minimum absolute atomic E-state index is 0.0356. The Balaban J connectivity index is 2.37. The van der Waals surface area contributed by atoms with Crippen molar-refractivity contribution in [2.75, 3.05) is 13.1 Å². The number of sulfonamides is 1. The molecular weight excluding hydrogens is 290 g/mol. The molecule has 1 aliphatic heterocycles. The predicted octanol–water partition coefficient (Wildman–Crippen LogP) is 2.50. The van der Waals surface area contributed by atoms with Crippen molar-refractivity contribution in [3.8, 4) is 0 Å². The Morgan fingerprint density at radius 3 is 2.33 bits per heavy atom. The third-order valence-corrected chi connectivity index (χ3v) is 6.25. The van der Waals surface area contributed by atoms with Crippen LogP contribution >= 0.6 is 0 Å². The van der Waals surface area contributed by atoms with Crippen LogP contribution in [0, 0.1) is 12.3 Å². The Morgan fingerprint density at radius 2 is 1.81 bits per heavy atom. The van der Waals surface area contributed by atoms with Crippen molar-refractivity contribution in [2.45, 2.75) is 38.5 Å². The minimum atomic E-state index is -3.63. The smallest absolute Gasteiger partial charge is 0.335 e. The topological polar surface area (TPSA) is 74.7 Å². The number of piperidine rings is 1. The van der Waals surface area contributed by atoms with Gasteiger partial charge in [0, 0.05) is 13.1 Å². The molecule has 2 rings (SSSR count). The summed E-state index contributed by atoms with van der Waals surface area (Å²) in [5, 5.41) is 9.13. The number of hydrogen-bond donors (Lipinski definition) is 1. The van der Waals surface area contributed by atoms with Gasteiger partial charge in [0.05, 0.1) is 10.5 Å². The number of carboxylic acid groups (broad SMARTS) is 1. The van der Waals surface area contributed by atoms with E-state index in [4.69, 9.17) is 5.11 Å². The highest BCUT2D eigenvalue weighted by Gasteiger charge is 2.33. The molecule has 1 aromatic carbocycles. The number of nitrogens with zero attached hydrogens (tertiary/aromatic N) is 1. The van der Waals surface area contributed by atoms with Gasteiger partial charge in [-0.05, 0) is 42.9 Å². The van der Waals surface area contributed by atoms with Crippen molar-refractivity contribution in [1.29, 1.82) is 0 Å². The minimum Gasteiger partial charge on any atom is -0.478 e. The normalized spacial score (nSPS) is 19.4. The molecule has 1 N–H and O–H groups in total. The Labute approximate surface area is 125 Å². The average molecular weight is 311 g/mol. The molecule has 1 aliphatic rings. The van der Waals surface area contributed by atoms with E-state index in [-0.39, 0.29) is 15.9 Å². The predicted molar refractivity (Wildman–Crippen MR) is 79.9 cm³/mol. The Hall–Kier alpha value is -1.40. The maximum atomic E-state index is 12.7. The number of carboxylic acids is 1. The first-order valence-corrected chi connectivity index (χ1v) is 8.42. The van der Waals surface area contributed by atoms with Gasteiger partial charge in [-0.3, -0.25) is 0 Å². The summed E-state index contributed by atoms with van der Waals surface area (Å²) in [5.41, 5.74) is 0.493. The molecule has 6 heteroatoms. The standard InChI is InChI=1S/C15H21NO4S/c1-11-12(14(17)18)5-4-6-13(11)21(19,20)16-9-7-15(2,3)8-10-16/h4-6H,7-10H2,1-3H3,(H,17,18). The zero-order valence-corrected chi connectivity index (χ0v) is 13.4. The van der Waals surface area contributed by atoms with Crippen molar-refractivity contribution in [3.63, 3.8) is 0 Å². The summed E-state index contributed by atoms with van der Waals surface area (Å²) in [6.45, 7) is 6.77. The molecule has 0 aromatic heterocycles. The van der Waals surface area contributed by atoms with Gasteiger partial charge < -0.3 is 5.11 Å². The van der Waals surface area contributed by atoms with Crippen LogP contribution < -0.4 is 0 Å². The van der Waals surface area contributed by atoms with Crippen molar-refractivity contribution in [3.05, 3.63) is 29.3 Å². The van der Waals surface area contributed by atoms with Crippen LogP contribution in [0.1, 0.15) is 42.6 Å². The largest absolute Gasteiger partial charge is 0.478 e. The van der Waals surface area contributed by atoms with Crippen molar-refractivity contribution in [1.82, 2.24) is 4.31 Å². The number of hydrogen-bond acceptors (Lipinski definition) is 3. The number of carbonyl (C=O) groups is 1. The van der Waals surface area contributed by atoms with Gasteiger partial charge in [0.15, 0.2) is 0 Å². The van der Waals surface area contributed by atoms with Gasteiger partial charge in [-0.15, -0.1) is 0 Å². The maximum Gasteiger partial charge on any atom is 0.335 e. The summed E-state index contributed by atoms with van der Waals surface area (Å²) in [7, 11) is -3.63. The zero-order chi connectivity index (χ0) is 15.8. The first-order valence-electron chi connectivity index (χ1n) is 6.98. The fourth-order valence-corrected chi connectivity index (χ4v) is 4.29. The third-order valence-electron chi connectivity index (χ3n) is 4.21. The highest BCUT2D eigenvalue weighted by molar-refractivity contribution is 7.89. The van der Waals surface area contributed by atoms with E-state index >= 15 is 0 Å². The van der Waals surface area contributed by atoms with Crippen LogP contribution in [0.3, 0.4) is 0 Å². The molecule has 0 spiro atoms. The number of benzene rings is 1. The van der Waals surface area contributed by atoms with Crippen LogP contribution in [0.15, 0.2) is 23.1 Å². The van der Waals surface area contributed by atoms with Crippen molar-refractivity contribution < 1.29 is 18.3 Å². The number of rotatable bonds is 3. The van der Waals surface area contributed by atoms with E-state index in [1.165, 1.54) is 22.5 Å². The highest BCUT2D eigenvalue weighted by Crippen LogP contribution is 2.33. The molecule has 1 aromatic rings. The van der Waals surface area contributed by atoms with Gasteiger partial charge in [-0.1, -0.05) is 19.9 Å². The molecule has 0 unspecified atom stereocenters. The van der Waals surface area contributed by atoms with E-state index in [0.717, 1.165) is 12.8 Å². The Kier molecular flexibility index (Phi) is 4.13. The molecule has 1 saturated heterocycles. The van der Waals surface area contributed by atoms with E-state index in [1.54, 1.807) is 6.92 Å². The zero-order valence-electron chi connectivity index (χ0n) is 12.6. The molecule has 0 atom stereocenters. The molecule has 116 valence electrons. The fourth-order valence-electron chi connectivity index (χ4n) is 2.60. The van der Waals surface area contributed by atoms with Gasteiger partial charge in [-0.2, -0.15) is 4.31 Å². The Morgan fingerprint density at radius 1 is 1.24 bits per heavy atom. The summed E-state index contributed by atoms with van der Waals surface area (Å²) >= 11 is 0. The van der Waals surface area contributed by atoms with E-state index in [0.29, 0.717) is 18.7 Å². The van der Waals surface area contributed by atoms with Gasteiger partial charge in [-0.25, -0.2) is 13.2 Å². The van der Waals surface area contributed by atoms with Gasteiger partial charge in [0.2, 0.25) is 10.0 Å². The molecule has 0 bridgehead atoms. The van der Waals surface area contributed by atoms with Crippen LogP contribution in [-0.4, -0.2) is 36.9 Å². The maximum absolute atomic E-state index is 12.7. The van der Waals surface area contributed by atoms with Crippen LogP contribution in [0.5, 0.6) is 0 Å². The lowest BCUT2D eigenvalue weighted by Crippen LogP contribution is -2.41. The van der Waals surface area contributed by atoms with Gasteiger partial charge >= 0.3 is 5.97 Å². The van der Waals surface area contributed by atoms with Gasteiger partial charge in [0.25, 0.3) is 0 Å². The summed E-state index contributed by atoms with van der Waals surface area (Å²) in [6.07, 6.45) is 1.62. The van der Waals surface area contributed by atoms with E-state index in [9.17, 15) is 13.2 Å². The number of aromatic carboxylic acids is 1. The first kappa shape index (κ1) is 16.0. The lowest BCUT2D eigenvalue weighted by molar-refractivity contribution is 0.0696. The molecule has 0 aliphatic carbocycles. The lowest BCUT2D eigenvalue weighted by Gasteiger charge is -2.36. The van der Waals surface area contributed by atoms with E-state index in [1.807, 2.05) is 0 Å². The van der Waals surface area contributed by atoms with Crippen LogP contribution in [-0.2, 0) is 10.0 Å². The van der Waals surface area contributed by atoms with Crippen LogP contribution in [0.25, 0.3) is 0 Å². The third kappa shape index (κ3) is 3.11. The monoisotopic (exact) mass is 311 g/mol. The van der Waals surface area contributed by atoms with E-state index < -0.39 is 16.0 Å². The molecule has 5 nitrogen and oxygen atoms in total. The second-order valence-electron chi connectivity index (χ2n) is 6.30. The molecule has 1 fully saturated rings. The molecule has 0 amide bonds. The van der Waals surface area contributed by atoms with E-state index in [2.05, 4.69) is 13.8 Å². The highest BCUT2D eigenvalue weighted by atomic mass is 32.2. The summed E-state index contributed by atoms with van der Waals surface area (Å²) in [6, 6.07) is 4.39.